The Hall–Kier alpha value is -1.63. The molecule has 0 spiro atoms. The van der Waals surface area contributed by atoms with Crippen LogP contribution in [0.25, 0.3) is 0 Å². The fourth-order valence-corrected chi connectivity index (χ4v) is 2.84. The van der Waals surface area contributed by atoms with E-state index in [1.165, 1.54) is 0 Å². The van der Waals surface area contributed by atoms with Crippen molar-refractivity contribution in [3.05, 3.63) is 5.28 Å². The number of piperidine rings is 1. The molecule has 0 bridgehead atoms. The SMILES string of the molecule is Nc1nc(Cl)nc(N2CCCC3C(=O)NCC32)n1. The second kappa shape index (κ2) is 4.24. The summed E-state index contributed by atoms with van der Waals surface area (Å²) in [5.74, 6) is 0.677. The Morgan fingerprint density at radius 3 is 3.00 bits per heavy atom. The molecule has 2 aliphatic heterocycles. The first kappa shape index (κ1) is 11.5. The topological polar surface area (TPSA) is 97.0 Å². The summed E-state index contributed by atoms with van der Waals surface area (Å²) >= 11 is 5.79. The van der Waals surface area contributed by atoms with E-state index in [9.17, 15) is 4.79 Å². The van der Waals surface area contributed by atoms with Gasteiger partial charge in [0.2, 0.25) is 23.1 Å². The average molecular weight is 269 g/mol. The molecule has 1 aromatic rings. The third-order valence-electron chi connectivity index (χ3n) is 3.47. The van der Waals surface area contributed by atoms with Gasteiger partial charge in [-0.3, -0.25) is 4.79 Å². The minimum atomic E-state index is 0.00974. The number of hydrogen-bond donors (Lipinski definition) is 2. The van der Waals surface area contributed by atoms with Crippen LogP contribution in [0.5, 0.6) is 0 Å². The van der Waals surface area contributed by atoms with E-state index in [1.807, 2.05) is 4.90 Å². The van der Waals surface area contributed by atoms with Crippen molar-refractivity contribution in [1.82, 2.24) is 20.3 Å². The van der Waals surface area contributed by atoms with Crippen LogP contribution in [0, 0.1) is 5.92 Å². The summed E-state index contributed by atoms with van der Waals surface area (Å²) in [6, 6.07) is 0.0871. The van der Waals surface area contributed by atoms with Crippen LogP contribution in [0.3, 0.4) is 0 Å². The lowest BCUT2D eigenvalue weighted by Crippen LogP contribution is -2.46. The van der Waals surface area contributed by atoms with E-state index in [0.29, 0.717) is 12.5 Å². The number of nitrogens with two attached hydrogens (primary N) is 1. The molecule has 0 radical (unpaired) electrons. The highest BCUT2D eigenvalue weighted by molar-refractivity contribution is 6.28. The van der Waals surface area contributed by atoms with Crippen LogP contribution in [0.2, 0.25) is 5.28 Å². The number of fused-ring (bicyclic) bond motifs is 1. The first-order valence-electron chi connectivity index (χ1n) is 5.86. The molecule has 0 saturated carbocycles. The van der Waals surface area contributed by atoms with Crippen molar-refractivity contribution in [2.75, 3.05) is 23.7 Å². The van der Waals surface area contributed by atoms with E-state index in [-0.39, 0.29) is 29.1 Å². The van der Waals surface area contributed by atoms with Crippen molar-refractivity contribution in [1.29, 1.82) is 0 Å². The largest absolute Gasteiger partial charge is 0.368 e. The molecule has 7 nitrogen and oxygen atoms in total. The zero-order valence-corrected chi connectivity index (χ0v) is 10.4. The highest BCUT2D eigenvalue weighted by atomic mass is 35.5. The third-order valence-corrected chi connectivity index (χ3v) is 3.64. The second-order valence-corrected chi connectivity index (χ2v) is 4.86. The first-order chi connectivity index (χ1) is 8.65. The van der Waals surface area contributed by atoms with Crippen molar-refractivity contribution < 1.29 is 4.79 Å². The Balaban J connectivity index is 1.93. The summed E-state index contributed by atoms with van der Waals surface area (Å²) in [6.45, 7) is 1.42. The number of hydrogen-bond acceptors (Lipinski definition) is 6. The molecule has 96 valence electrons. The monoisotopic (exact) mass is 268 g/mol. The van der Waals surface area contributed by atoms with E-state index in [2.05, 4.69) is 20.3 Å². The fourth-order valence-electron chi connectivity index (χ4n) is 2.68. The van der Waals surface area contributed by atoms with Crippen molar-refractivity contribution in [3.63, 3.8) is 0 Å². The highest BCUT2D eigenvalue weighted by Gasteiger charge is 2.41. The maximum atomic E-state index is 11.7. The average Bonchev–Trinajstić information content (AvgIpc) is 2.70. The molecule has 2 aliphatic rings. The van der Waals surface area contributed by atoms with Gasteiger partial charge in [0.1, 0.15) is 0 Å². The second-order valence-electron chi connectivity index (χ2n) is 4.52. The molecule has 3 N–H and O–H groups in total. The minimum Gasteiger partial charge on any atom is -0.368 e. The summed E-state index contributed by atoms with van der Waals surface area (Å²) in [7, 11) is 0. The molecule has 2 fully saturated rings. The number of nitrogens with zero attached hydrogens (tertiary/aromatic N) is 4. The Morgan fingerprint density at radius 1 is 1.39 bits per heavy atom. The van der Waals surface area contributed by atoms with Gasteiger partial charge >= 0.3 is 0 Å². The number of aromatic nitrogens is 3. The third kappa shape index (κ3) is 1.84. The summed E-state index contributed by atoms with van der Waals surface area (Å²) in [6.07, 6.45) is 1.83. The van der Waals surface area contributed by atoms with Gasteiger partial charge in [0.15, 0.2) is 0 Å². The molecule has 2 unspecified atom stereocenters. The van der Waals surface area contributed by atoms with Crippen LogP contribution in [0.1, 0.15) is 12.8 Å². The number of anilines is 2. The molecule has 8 heteroatoms. The highest BCUT2D eigenvalue weighted by Crippen LogP contribution is 2.30. The molecule has 18 heavy (non-hydrogen) atoms. The van der Waals surface area contributed by atoms with Crippen molar-refractivity contribution in [2.45, 2.75) is 18.9 Å². The number of amides is 1. The number of nitrogens with one attached hydrogen (secondary N) is 1. The molecule has 0 aromatic carbocycles. The normalized spacial score (nSPS) is 26.9. The number of carbonyl (C=O) groups is 1. The summed E-state index contributed by atoms with van der Waals surface area (Å²) in [5, 5.41) is 2.95. The lowest BCUT2D eigenvalue weighted by Gasteiger charge is -2.35. The van der Waals surface area contributed by atoms with Crippen LogP contribution < -0.4 is 16.0 Å². The Morgan fingerprint density at radius 2 is 2.22 bits per heavy atom. The van der Waals surface area contributed by atoms with Crippen LogP contribution in [0.4, 0.5) is 11.9 Å². The molecule has 0 aliphatic carbocycles. The van der Waals surface area contributed by atoms with Crippen molar-refractivity contribution >= 4 is 29.4 Å². The molecule has 1 amide bonds. The first-order valence-corrected chi connectivity index (χ1v) is 6.24. The minimum absolute atomic E-state index is 0.00974. The maximum absolute atomic E-state index is 11.7. The van der Waals surface area contributed by atoms with Gasteiger partial charge in [-0.05, 0) is 24.4 Å². The zero-order valence-electron chi connectivity index (χ0n) is 9.64. The van der Waals surface area contributed by atoms with Crippen LogP contribution in [0.15, 0.2) is 0 Å². The maximum Gasteiger partial charge on any atom is 0.231 e. The van der Waals surface area contributed by atoms with Crippen LogP contribution >= 0.6 is 11.6 Å². The lowest BCUT2D eigenvalue weighted by atomic mass is 9.92. The van der Waals surface area contributed by atoms with Gasteiger partial charge in [0, 0.05) is 13.1 Å². The summed E-state index contributed by atoms with van der Waals surface area (Å²) < 4.78 is 0. The Labute approximate surface area is 109 Å². The predicted molar refractivity (Wildman–Crippen MR) is 66.1 cm³/mol. The number of nitrogen functional groups attached to an aromatic ring is 1. The molecular weight excluding hydrogens is 256 g/mol. The predicted octanol–water partition coefficient (Wildman–Crippen LogP) is -0.178. The van der Waals surface area contributed by atoms with E-state index in [0.717, 1.165) is 19.4 Å². The number of rotatable bonds is 1. The summed E-state index contributed by atoms with van der Waals surface area (Å²) in [5.41, 5.74) is 5.57. The molecule has 2 saturated heterocycles. The van der Waals surface area contributed by atoms with E-state index < -0.39 is 0 Å². The van der Waals surface area contributed by atoms with Crippen molar-refractivity contribution in [3.8, 4) is 0 Å². The van der Waals surface area contributed by atoms with Crippen LogP contribution in [-0.2, 0) is 4.79 Å². The van der Waals surface area contributed by atoms with Gasteiger partial charge in [0.25, 0.3) is 0 Å². The number of halogens is 1. The molecule has 2 atom stereocenters. The lowest BCUT2D eigenvalue weighted by molar-refractivity contribution is -0.122. The Kier molecular flexibility index (Phi) is 2.70. The quantitative estimate of drug-likeness (QED) is 0.733. The molecule has 3 rings (SSSR count). The van der Waals surface area contributed by atoms with Crippen molar-refractivity contribution in [2.24, 2.45) is 5.92 Å². The zero-order chi connectivity index (χ0) is 12.7. The molecule has 3 heterocycles. The summed E-state index contributed by atoms with van der Waals surface area (Å²) in [4.78, 5) is 25.6. The van der Waals surface area contributed by atoms with Gasteiger partial charge in [0.05, 0.1) is 12.0 Å². The molecule has 1 aromatic heterocycles. The van der Waals surface area contributed by atoms with Gasteiger partial charge in [-0.15, -0.1) is 0 Å². The standard InChI is InChI=1S/C10H13ClN6O/c11-8-14-9(12)16-10(15-8)17-3-1-2-5-6(17)4-13-7(5)18/h5-6H,1-4H2,(H,13,18)(H2,12,14,15,16). The Bertz CT molecular complexity index is 475. The smallest absolute Gasteiger partial charge is 0.231 e. The van der Waals surface area contributed by atoms with E-state index in [4.69, 9.17) is 17.3 Å². The van der Waals surface area contributed by atoms with Gasteiger partial charge in [-0.2, -0.15) is 15.0 Å². The fraction of sp³-hybridized carbons (Fsp3) is 0.600. The number of carbonyl (C=O) groups excluding carboxylic acids is 1. The van der Waals surface area contributed by atoms with E-state index >= 15 is 0 Å². The van der Waals surface area contributed by atoms with Gasteiger partial charge < -0.3 is 16.0 Å². The van der Waals surface area contributed by atoms with Crippen LogP contribution in [-0.4, -0.2) is 40.0 Å². The van der Waals surface area contributed by atoms with Gasteiger partial charge in [-0.25, -0.2) is 0 Å². The van der Waals surface area contributed by atoms with E-state index in [1.54, 1.807) is 0 Å². The molecular formula is C10H13ClN6O. The van der Waals surface area contributed by atoms with Gasteiger partial charge in [-0.1, -0.05) is 0 Å².